The van der Waals surface area contributed by atoms with Crippen molar-refractivity contribution >= 4 is 45.2 Å². The molecule has 0 aliphatic heterocycles. The van der Waals surface area contributed by atoms with Gasteiger partial charge in [-0.05, 0) is 34.2 Å². The summed E-state index contributed by atoms with van der Waals surface area (Å²) in [4.78, 5) is 4.49. The Morgan fingerprint density at radius 3 is 2.65 bits per heavy atom. The van der Waals surface area contributed by atoms with Crippen molar-refractivity contribution in [1.29, 1.82) is 0 Å². The molecule has 0 bridgehead atoms. The second kappa shape index (κ2) is 5.69. The summed E-state index contributed by atoms with van der Waals surface area (Å²) >= 11 is 7.94. The number of hydrogen-bond donors (Lipinski definition) is 0. The van der Waals surface area contributed by atoms with Crippen LogP contribution in [-0.4, -0.2) is 9.55 Å². The van der Waals surface area contributed by atoms with E-state index < -0.39 is 0 Å². The fraction of sp³-hybridized carbons (Fsp3) is 0.133. The molecule has 5 heteroatoms. The van der Waals surface area contributed by atoms with Crippen LogP contribution in [0.25, 0.3) is 11.0 Å². The van der Waals surface area contributed by atoms with E-state index in [1.807, 2.05) is 57.5 Å². The Balaban J connectivity index is 2.15. The summed E-state index contributed by atoms with van der Waals surface area (Å²) in [6.07, 6.45) is 0. The fourth-order valence-electron chi connectivity index (χ4n) is 2.21. The molecule has 1 aromatic heterocycles. The van der Waals surface area contributed by atoms with Gasteiger partial charge in [-0.25, -0.2) is 9.37 Å². The summed E-state index contributed by atoms with van der Waals surface area (Å²) < 4.78 is 16.3. The largest absolute Gasteiger partial charge is 0.322 e. The molecule has 3 rings (SSSR count). The number of halogens is 3. The molecule has 3 aromatic rings. The summed E-state index contributed by atoms with van der Waals surface area (Å²) in [6.45, 7) is 0.638. The lowest BCUT2D eigenvalue weighted by molar-refractivity contribution is 0.621. The number of nitrogens with zero attached hydrogens (tertiary/aromatic N) is 2. The molecule has 0 saturated heterocycles. The third-order valence-electron chi connectivity index (χ3n) is 3.17. The minimum absolute atomic E-state index is 0.228. The molecular formula is C15H11ClFIN2. The molecule has 1 heterocycles. The molecule has 102 valence electrons. The smallest absolute Gasteiger partial charge is 0.138 e. The molecule has 0 radical (unpaired) electrons. The first kappa shape index (κ1) is 13.8. The predicted molar refractivity (Wildman–Crippen MR) is 87.5 cm³/mol. The molecule has 0 fully saturated rings. The monoisotopic (exact) mass is 400 g/mol. The van der Waals surface area contributed by atoms with E-state index in [1.54, 1.807) is 6.07 Å². The van der Waals surface area contributed by atoms with Crippen molar-refractivity contribution < 1.29 is 4.39 Å². The minimum Gasteiger partial charge on any atom is -0.322 e. The SMILES string of the molecule is Fc1cc2c(cc1I)nc(CCl)n2Cc1ccccc1. The maximum absolute atomic E-state index is 13.8. The van der Waals surface area contributed by atoms with E-state index in [-0.39, 0.29) is 5.82 Å². The van der Waals surface area contributed by atoms with Gasteiger partial charge in [0.1, 0.15) is 11.6 Å². The van der Waals surface area contributed by atoms with Crippen molar-refractivity contribution in [2.24, 2.45) is 0 Å². The van der Waals surface area contributed by atoms with Gasteiger partial charge in [0.25, 0.3) is 0 Å². The zero-order chi connectivity index (χ0) is 14.1. The van der Waals surface area contributed by atoms with Crippen molar-refractivity contribution in [2.45, 2.75) is 12.4 Å². The molecule has 0 unspecified atom stereocenters. The average Bonchev–Trinajstić information content (AvgIpc) is 2.78. The van der Waals surface area contributed by atoms with E-state index in [0.29, 0.717) is 16.0 Å². The first-order valence-corrected chi connectivity index (χ1v) is 7.74. The normalized spacial score (nSPS) is 11.2. The van der Waals surface area contributed by atoms with Gasteiger partial charge in [-0.15, -0.1) is 11.6 Å². The van der Waals surface area contributed by atoms with Crippen LogP contribution in [-0.2, 0) is 12.4 Å². The predicted octanol–water partition coefficient (Wildman–Crippen LogP) is 4.57. The lowest BCUT2D eigenvalue weighted by Crippen LogP contribution is -2.03. The topological polar surface area (TPSA) is 17.8 Å². The summed E-state index contributed by atoms with van der Waals surface area (Å²) in [5.41, 5.74) is 2.70. The molecule has 0 N–H and O–H groups in total. The standard InChI is InChI=1S/C15H11ClFIN2/c16-8-15-19-13-7-12(18)11(17)6-14(13)20(15)9-10-4-2-1-3-5-10/h1-7H,8-9H2. The molecule has 0 atom stereocenters. The van der Waals surface area contributed by atoms with Gasteiger partial charge in [0, 0.05) is 12.6 Å². The van der Waals surface area contributed by atoms with Gasteiger partial charge in [-0.3, -0.25) is 0 Å². The summed E-state index contributed by atoms with van der Waals surface area (Å²) in [7, 11) is 0. The van der Waals surface area contributed by atoms with Gasteiger partial charge < -0.3 is 4.57 Å². The first-order chi connectivity index (χ1) is 9.69. The fourth-order valence-corrected chi connectivity index (χ4v) is 2.87. The molecule has 0 aliphatic carbocycles. The van der Waals surface area contributed by atoms with Crippen molar-refractivity contribution in [3.63, 3.8) is 0 Å². The highest BCUT2D eigenvalue weighted by Crippen LogP contribution is 2.23. The number of fused-ring (bicyclic) bond motifs is 1. The van der Waals surface area contributed by atoms with Gasteiger partial charge in [-0.2, -0.15) is 0 Å². The number of imidazole rings is 1. The first-order valence-electron chi connectivity index (χ1n) is 6.13. The Morgan fingerprint density at radius 1 is 1.20 bits per heavy atom. The van der Waals surface area contributed by atoms with E-state index in [2.05, 4.69) is 4.98 Å². The summed E-state index contributed by atoms with van der Waals surface area (Å²) in [6, 6.07) is 13.3. The highest BCUT2D eigenvalue weighted by atomic mass is 127. The third-order valence-corrected chi connectivity index (χ3v) is 4.24. The Bertz CT molecular complexity index is 755. The highest BCUT2D eigenvalue weighted by Gasteiger charge is 2.13. The lowest BCUT2D eigenvalue weighted by atomic mass is 10.2. The van der Waals surface area contributed by atoms with Crippen molar-refractivity contribution in [2.75, 3.05) is 0 Å². The maximum atomic E-state index is 13.8. The molecule has 0 saturated carbocycles. The van der Waals surface area contributed by atoms with Gasteiger partial charge in [0.2, 0.25) is 0 Å². The van der Waals surface area contributed by atoms with Crippen LogP contribution in [0.2, 0.25) is 0 Å². The van der Waals surface area contributed by atoms with Crippen LogP contribution in [0, 0.1) is 9.39 Å². The van der Waals surface area contributed by atoms with Crippen LogP contribution in [0.5, 0.6) is 0 Å². The van der Waals surface area contributed by atoms with E-state index in [4.69, 9.17) is 11.6 Å². The zero-order valence-corrected chi connectivity index (χ0v) is 13.4. The van der Waals surface area contributed by atoms with Crippen LogP contribution in [0.15, 0.2) is 42.5 Å². The second-order valence-corrected chi connectivity index (χ2v) is 5.92. The number of rotatable bonds is 3. The molecule has 20 heavy (non-hydrogen) atoms. The Labute approximate surface area is 134 Å². The van der Waals surface area contributed by atoms with Gasteiger partial charge >= 0.3 is 0 Å². The van der Waals surface area contributed by atoms with Crippen LogP contribution in [0.4, 0.5) is 4.39 Å². The van der Waals surface area contributed by atoms with Gasteiger partial charge in [-0.1, -0.05) is 30.3 Å². The van der Waals surface area contributed by atoms with Crippen LogP contribution < -0.4 is 0 Å². The molecule has 0 spiro atoms. The van der Waals surface area contributed by atoms with E-state index >= 15 is 0 Å². The Morgan fingerprint density at radius 2 is 1.95 bits per heavy atom. The van der Waals surface area contributed by atoms with E-state index in [9.17, 15) is 4.39 Å². The molecule has 2 aromatic carbocycles. The van der Waals surface area contributed by atoms with E-state index in [0.717, 1.165) is 22.4 Å². The van der Waals surface area contributed by atoms with Gasteiger partial charge in [0.05, 0.1) is 20.5 Å². The summed E-state index contributed by atoms with van der Waals surface area (Å²) in [5.74, 6) is 0.833. The van der Waals surface area contributed by atoms with Crippen LogP contribution in [0.3, 0.4) is 0 Å². The average molecular weight is 401 g/mol. The van der Waals surface area contributed by atoms with Crippen molar-refractivity contribution in [3.05, 3.63) is 63.2 Å². The number of alkyl halides is 1. The third kappa shape index (κ3) is 2.54. The van der Waals surface area contributed by atoms with Crippen molar-refractivity contribution in [3.8, 4) is 0 Å². The number of hydrogen-bond acceptors (Lipinski definition) is 1. The molecule has 0 aliphatic rings. The second-order valence-electron chi connectivity index (χ2n) is 4.49. The zero-order valence-electron chi connectivity index (χ0n) is 10.5. The number of benzene rings is 2. The molecule has 2 nitrogen and oxygen atoms in total. The Kier molecular flexibility index (Phi) is 3.94. The minimum atomic E-state index is -0.228. The molecule has 0 amide bonds. The van der Waals surface area contributed by atoms with Crippen LogP contribution >= 0.6 is 34.2 Å². The number of aromatic nitrogens is 2. The Hall–Kier alpha value is -1.14. The maximum Gasteiger partial charge on any atom is 0.138 e. The quantitative estimate of drug-likeness (QED) is 0.465. The summed E-state index contributed by atoms with van der Waals surface area (Å²) in [5, 5.41) is 0. The van der Waals surface area contributed by atoms with E-state index in [1.165, 1.54) is 6.07 Å². The van der Waals surface area contributed by atoms with Crippen molar-refractivity contribution in [1.82, 2.24) is 9.55 Å². The lowest BCUT2D eigenvalue weighted by Gasteiger charge is -2.08. The van der Waals surface area contributed by atoms with Crippen LogP contribution in [0.1, 0.15) is 11.4 Å². The molecular weight excluding hydrogens is 390 g/mol. The van der Waals surface area contributed by atoms with Gasteiger partial charge in [0.15, 0.2) is 0 Å². The highest BCUT2D eigenvalue weighted by molar-refractivity contribution is 14.1.